The van der Waals surface area contributed by atoms with Gasteiger partial charge in [0.2, 0.25) is 0 Å². The molecule has 0 amide bonds. The van der Waals surface area contributed by atoms with Crippen LogP contribution in [0.2, 0.25) is 10.0 Å². The number of hydrogen-bond donors (Lipinski definition) is 2. The lowest BCUT2D eigenvalue weighted by Crippen LogP contribution is -2.03. The number of nitrogens with zero attached hydrogens (tertiary/aromatic N) is 2. The molecule has 0 aliphatic heterocycles. The summed E-state index contributed by atoms with van der Waals surface area (Å²) in [7, 11) is 0. The predicted octanol–water partition coefficient (Wildman–Crippen LogP) is 4.81. The largest absolute Gasteiger partial charge is 0.383 e. The highest BCUT2D eigenvalue weighted by atomic mass is 35.5. The van der Waals surface area contributed by atoms with Gasteiger partial charge in [-0.05, 0) is 42.8 Å². The zero-order chi connectivity index (χ0) is 16.6. The SMILES string of the molecule is Cc1c(-c2ccc(Cl)cc2Cl)nc(N)c(C#N)c1-c1ccc[nH]1. The van der Waals surface area contributed by atoms with Gasteiger partial charge in [0.05, 0.1) is 10.7 Å². The smallest absolute Gasteiger partial charge is 0.142 e. The standard InChI is InChI=1S/C17H12Cl2N4/c1-9-15(14-3-2-6-22-14)12(8-20)17(21)23-16(9)11-5-4-10(18)7-13(11)19/h2-7,22H,1H3,(H2,21,23). The maximum atomic E-state index is 9.45. The van der Waals surface area contributed by atoms with Crippen LogP contribution in [-0.4, -0.2) is 9.97 Å². The molecule has 3 aromatic rings. The Morgan fingerprint density at radius 1 is 1.26 bits per heavy atom. The first-order valence-corrected chi connectivity index (χ1v) is 7.58. The highest BCUT2D eigenvalue weighted by Gasteiger charge is 2.20. The number of rotatable bonds is 2. The maximum absolute atomic E-state index is 9.45. The number of aromatic nitrogens is 2. The van der Waals surface area contributed by atoms with Gasteiger partial charge in [-0.2, -0.15) is 5.26 Å². The van der Waals surface area contributed by atoms with Crippen LogP contribution in [0.4, 0.5) is 5.82 Å². The summed E-state index contributed by atoms with van der Waals surface area (Å²) >= 11 is 12.3. The summed E-state index contributed by atoms with van der Waals surface area (Å²) in [6, 6.07) is 11.1. The summed E-state index contributed by atoms with van der Waals surface area (Å²) in [6.07, 6.45) is 1.79. The second-order valence-corrected chi connectivity index (χ2v) is 5.88. The van der Waals surface area contributed by atoms with E-state index >= 15 is 0 Å². The summed E-state index contributed by atoms with van der Waals surface area (Å²) in [4.78, 5) is 7.50. The lowest BCUT2D eigenvalue weighted by molar-refractivity contribution is 1.24. The second kappa shape index (κ2) is 5.96. The minimum atomic E-state index is 0.170. The van der Waals surface area contributed by atoms with E-state index in [9.17, 15) is 5.26 Å². The highest BCUT2D eigenvalue weighted by Crippen LogP contribution is 2.38. The molecule has 0 bridgehead atoms. The average Bonchev–Trinajstić information content (AvgIpc) is 3.03. The van der Waals surface area contributed by atoms with Crippen molar-refractivity contribution >= 4 is 29.0 Å². The number of benzene rings is 1. The van der Waals surface area contributed by atoms with Crippen LogP contribution < -0.4 is 5.73 Å². The summed E-state index contributed by atoms with van der Waals surface area (Å²) in [5.74, 6) is 0.170. The minimum absolute atomic E-state index is 0.170. The van der Waals surface area contributed by atoms with Crippen LogP contribution in [0.3, 0.4) is 0 Å². The maximum Gasteiger partial charge on any atom is 0.142 e. The average molecular weight is 343 g/mol. The Hall–Kier alpha value is -2.48. The number of nitrogens with one attached hydrogen (secondary N) is 1. The van der Waals surface area contributed by atoms with Gasteiger partial charge in [-0.1, -0.05) is 23.2 Å². The molecular formula is C17H12Cl2N4. The highest BCUT2D eigenvalue weighted by molar-refractivity contribution is 6.36. The summed E-state index contributed by atoms with van der Waals surface area (Å²) in [6.45, 7) is 1.89. The number of pyridine rings is 1. The van der Waals surface area contributed by atoms with Gasteiger partial charge in [0.25, 0.3) is 0 Å². The Labute approximate surface area is 143 Å². The number of nitrogen functional groups attached to an aromatic ring is 1. The van der Waals surface area contributed by atoms with E-state index in [2.05, 4.69) is 16.0 Å². The van der Waals surface area contributed by atoms with Gasteiger partial charge in [-0.15, -0.1) is 0 Å². The topological polar surface area (TPSA) is 78.5 Å². The van der Waals surface area contributed by atoms with Gasteiger partial charge >= 0.3 is 0 Å². The third-order valence-corrected chi connectivity index (χ3v) is 4.18. The van der Waals surface area contributed by atoms with Gasteiger partial charge in [-0.25, -0.2) is 4.98 Å². The molecule has 6 heteroatoms. The fourth-order valence-corrected chi connectivity index (χ4v) is 3.07. The Morgan fingerprint density at radius 3 is 2.65 bits per heavy atom. The van der Waals surface area contributed by atoms with Crippen molar-refractivity contribution in [2.45, 2.75) is 6.92 Å². The molecule has 0 atom stereocenters. The molecule has 0 aliphatic carbocycles. The van der Waals surface area contributed by atoms with Crippen LogP contribution in [0.1, 0.15) is 11.1 Å². The molecule has 0 radical (unpaired) electrons. The van der Waals surface area contributed by atoms with Crippen LogP contribution in [0, 0.1) is 18.3 Å². The summed E-state index contributed by atoms with van der Waals surface area (Å²) in [5.41, 5.74) is 10.1. The van der Waals surface area contributed by atoms with Crippen LogP contribution in [0.25, 0.3) is 22.5 Å². The van der Waals surface area contributed by atoms with Crippen molar-refractivity contribution < 1.29 is 0 Å². The Morgan fingerprint density at radius 2 is 2.04 bits per heavy atom. The summed E-state index contributed by atoms with van der Waals surface area (Å²) in [5, 5.41) is 10.5. The number of nitriles is 1. The quantitative estimate of drug-likeness (QED) is 0.701. The molecule has 4 nitrogen and oxygen atoms in total. The number of anilines is 1. The van der Waals surface area contributed by atoms with Gasteiger partial charge < -0.3 is 10.7 Å². The van der Waals surface area contributed by atoms with Crippen molar-refractivity contribution in [3.63, 3.8) is 0 Å². The zero-order valence-electron chi connectivity index (χ0n) is 12.2. The number of halogens is 2. The van der Waals surface area contributed by atoms with Crippen molar-refractivity contribution in [3.8, 4) is 28.6 Å². The fraction of sp³-hybridized carbons (Fsp3) is 0.0588. The lowest BCUT2D eigenvalue weighted by atomic mass is 9.96. The van der Waals surface area contributed by atoms with Crippen LogP contribution in [0.5, 0.6) is 0 Å². The van der Waals surface area contributed by atoms with Crippen LogP contribution in [-0.2, 0) is 0 Å². The molecule has 0 aliphatic rings. The third kappa shape index (κ3) is 2.65. The first-order valence-electron chi connectivity index (χ1n) is 6.82. The summed E-state index contributed by atoms with van der Waals surface area (Å²) < 4.78 is 0. The van der Waals surface area contributed by atoms with Crippen molar-refractivity contribution in [2.24, 2.45) is 0 Å². The molecule has 0 saturated carbocycles. The van der Waals surface area contributed by atoms with E-state index in [0.29, 0.717) is 21.3 Å². The molecule has 114 valence electrons. The molecule has 0 spiro atoms. The Bertz CT molecular complexity index is 925. The van der Waals surface area contributed by atoms with E-state index in [0.717, 1.165) is 22.4 Å². The molecule has 2 aromatic heterocycles. The van der Waals surface area contributed by atoms with Crippen LogP contribution in [0.15, 0.2) is 36.5 Å². The van der Waals surface area contributed by atoms with Crippen LogP contribution >= 0.6 is 23.2 Å². The van der Waals surface area contributed by atoms with E-state index in [4.69, 9.17) is 28.9 Å². The Balaban J connectivity index is 2.34. The van der Waals surface area contributed by atoms with E-state index in [-0.39, 0.29) is 5.82 Å². The molecule has 2 heterocycles. The van der Waals surface area contributed by atoms with Gasteiger partial charge in [-0.3, -0.25) is 0 Å². The first-order chi connectivity index (χ1) is 11.0. The second-order valence-electron chi connectivity index (χ2n) is 5.04. The van der Waals surface area contributed by atoms with Crippen molar-refractivity contribution in [2.75, 3.05) is 5.73 Å². The molecule has 23 heavy (non-hydrogen) atoms. The molecule has 0 unspecified atom stereocenters. The number of aromatic amines is 1. The van der Waals surface area contributed by atoms with E-state index in [1.807, 2.05) is 19.1 Å². The van der Waals surface area contributed by atoms with Crippen molar-refractivity contribution in [3.05, 3.63) is 57.7 Å². The van der Waals surface area contributed by atoms with Gasteiger partial charge in [0.1, 0.15) is 17.5 Å². The molecule has 0 saturated heterocycles. The lowest BCUT2D eigenvalue weighted by Gasteiger charge is -2.15. The Kier molecular flexibility index (Phi) is 3.99. The van der Waals surface area contributed by atoms with Gasteiger partial charge in [0.15, 0.2) is 0 Å². The monoisotopic (exact) mass is 342 g/mol. The molecule has 0 fully saturated rings. The first kappa shape index (κ1) is 15.4. The minimum Gasteiger partial charge on any atom is -0.383 e. The molecular weight excluding hydrogens is 331 g/mol. The third-order valence-electron chi connectivity index (χ3n) is 3.63. The fourth-order valence-electron chi connectivity index (χ4n) is 2.57. The van der Waals surface area contributed by atoms with Crippen molar-refractivity contribution in [1.29, 1.82) is 5.26 Å². The molecule has 3 rings (SSSR count). The number of hydrogen-bond acceptors (Lipinski definition) is 3. The van der Waals surface area contributed by atoms with E-state index < -0.39 is 0 Å². The van der Waals surface area contributed by atoms with E-state index in [1.165, 1.54) is 0 Å². The normalized spacial score (nSPS) is 10.5. The predicted molar refractivity (Wildman–Crippen MR) is 93.3 cm³/mol. The van der Waals surface area contributed by atoms with Gasteiger partial charge in [0, 0.05) is 28.0 Å². The zero-order valence-corrected chi connectivity index (χ0v) is 13.7. The molecule has 3 N–H and O–H groups in total. The van der Waals surface area contributed by atoms with Crippen molar-refractivity contribution in [1.82, 2.24) is 9.97 Å². The molecule has 1 aromatic carbocycles. The number of H-pyrrole nitrogens is 1. The number of nitrogens with two attached hydrogens (primary N) is 1. The van der Waals surface area contributed by atoms with E-state index in [1.54, 1.807) is 24.4 Å².